The highest BCUT2D eigenvalue weighted by Gasteiger charge is 2.20. The second-order valence-electron chi connectivity index (χ2n) is 5.00. The normalized spacial score (nSPS) is 19.6. The number of likely N-dealkylation sites (N-methyl/N-ethyl adjacent to an activating group) is 1. The molecule has 1 aromatic rings. The Bertz CT molecular complexity index is 478. The van der Waals surface area contributed by atoms with Crippen LogP contribution in [0.3, 0.4) is 0 Å². The molecule has 0 radical (unpaired) electrons. The Morgan fingerprint density at radius 2 is 2.40 bits per heavy atom. The number of hydrogen-bond acceptors (Lipinski definition) is 6. The van der Waals surface area contributed by atoms with Crippen LogP contribution in [0.25, 0.3) is 0 Å². The van der Waals surface area contributed by atoms with Crippen molar-refractivity contribution in [3.63, 3.8) is 0 Å². The molecule has 0 aliphatic carbocycles. The van der Waals surface area contributed by atoms with Crippen molar-refractivity contribution in [2.75, 3.05) is 37.8 Å². The van der Waals surface area contributed by atoms with Crippen molar-refractivity contribution in [3.8, 4) is 0 Å². The number of esters is 1. The van der Waals surface area contributed by atoms with E-state index in [1.807, 2.05) is 0 Å². The number of rotatable bonds is 4. The lowest BCUT2D eigenvalue weighted by molar-refractivity contribution is 0.0594. The Morgan fingerprint density at radius 3 is 3.10 bits per heavy atom. The van der Waals surface area contributed by atoms with E-state index >= 15 is 0 Å². The van der Waals surface area contributed by atoms with E-state index in [9.17, 15) is 4.79 Å². The molecule has 6 nitrogen and oxygen atoms in total. The van der Waals surface area contributed by atoms with Gasteiger partial charge in [0.15, 0.2) is 5.69 Å². The molecule has 1 aliphatic heterocycles. The number of carbonyl (C=O) groups is 1. The number of carbonyl (C=O) groups excluding carboxylic acids is 1. The molecular formula is C14H22N4O2. The number of nitrogen functional groups attached to an aromatic ring is 1. The van der Waals surface area contributed by atoms with Gasteiger partial charge in [-0.15, -0.1) is 0 Å². The van der Waals surface area contributed by atoms with Crippen LogP contribution in [0.2, 0.25) is 0 Å². The fourth-order valence-electron chi connectivity index (χ4n) is 2.46. The van der Waals surface area contributed by atoms with Crippen molar-refractivity contribution >= 4 is 17.5 Å². The number of pyridine rings is 1. The van der Waals surface area contributed by atoms with Crippen LogP contribution in [0.1, 0.15) is 30.3 Å². The second kappa shape index (κ2) is 6.56. The van der Waals surface area contributed by atoms with Crippen molar-refractivity contribution in [3.05, 3.63) is 17.8 Å². The highest BCUT2D eigenvalue weighted by Crippen LogP contribution is 2.20. The number of piperidine rings is 1. The maximum Gasteiger partial charge on any atom is 0.356 e. The number of hydrogen-bond donors (Lipinski definition) is 2. The molecular weight excluding hydrogens is 256 g/mol. The number of methoxy groups -OCH3 is 1. The lowest BCUT2D eigenvalue weighted by Crippen LogP contribution is -2.42. The van der Waals surface area contributed by atoms with Gasteiger partial charge < -0.3 is 20.7 Å². The van der Waals surface area contributed by atoms with Gasteiger partial charge in [-0.25, -0.2) is 9.78 Å². The first-order valence-electron chi connectivity index (χ1n) is 6.97. The van der Waals surface area contributed by atoms with Crippen molar-refractivity contribution in [1.29, 1.82) is 0 Å². The van der Waals surface area contributed by atoms with Gasteiger partial charge in [-0.05, 0) is 38.1 Å². The van der Waals surface area contributed by atoms with E-state index < -0.39 is 5.97 Å². The van der Waals surface area contributed by atoms with Gasteiger partial charge in [0.2, 0.25) is 0 Å². The van der Waals surface area contributed by atoms with Crippen LogP contribution in [0.15, 0.2) is 12.1 Å². The van der Waals surface area contributed by atoms with E-state index in [-0.39, 0.29) is 5.69 Å². The summed E-state index contributed by atoms with van der Waals surface area (Å²) in [7, 11) is 1.34. The van der Waals surface area contributed by atoms with Crippen molar-refractivity contribution in [2.24, 2.45) is 0 Å². The van der Waals surface area contributed by atoms with E-state index in [1.54, 1.807) is 12.1 Å². The molecule has 110 valence electrons. The number of nitrogens with one attached hydrogen (secondary N) is 1. The second-order valence-corrected chi connectivity index (χ2v) is 5.00. The minimum Gasteiger partial charge on any atom is -0.464 e. The maximum atomic E-state index is 11.5. The summed E-state index contributed by atoms with van der Waals surface area (Å²) in [5, 5.41) is 3.35. The SMILES string of the molecule is CCN1CCCC(Nc2nc(C(=O)OC)ccc2N)C1. The minimum absolute atomic E-state index is 0.271. The third-order valence-corrected chi connectivity index (χ3v) is 3.61. The molecule has 1 fully saturated rings. The Hall–Kier alpha value is -1.82. The number of nitrogens with zero attached hydrogens (tertiary/aromatic N) is 2. The predicted octanol–water partition coefficient (Wildman–Crippen LogP) is 1.35. The smallest absolute Gasteiger partial charge is 0.356 e. The van der Waals surface area contributed by atoms with E-state index in [1.165, 1.54) is 7.11 Å². The Labute approximate surface area is 119 Å². The molecule has 0 saturated carbocycles. The summed E-state index contributed by atoms with van der Waals surface area (Å²) >= 11 is 0. The Kier molecular flexibility index (Phi) is 4.79. The average Bonchev–Trinajstić information content (AvgIpc) is 2.49. The van der Waals surface area contributed by atoms with Crippen LogP contribution in [0.5, 0.6) is 0 Å². The lowest BCUT2D eigenvalue weighted by Gasteiger charge is -2.32. The summed E-state index contributed by atoms with van der Waals surface area (Å²) in [6.45, 7) is 5.32. The molecule has 0 aromatic carbocycles. The van der Waals surface area contributed by atoms with Crippen LogP contribution < -0.4 is 11.1 Å². The molecule has 6 heteroatoms. The van der Waals surface area contributed by atoms with Crippen LogP contribution in [0.4, 0.5) is 11.5 Å². The molecule has 20 heavy (non-hydrogen) atoms. The highest BCUT2D eigenvalue weighted by molar-refractivity contribution is 5.88. The molecule has 0 bridgehead atoms. The van der Waals surface area contributed by atoms with Gasteiger partial charge in [0, 0.05) is 12.6 Å². The van der Waals surface area contributed by atoms with E-state index in [0.717, 1.165) is 32.5 Å². The average molecular weight is 278 g/mol. The molecule has 1 atom stereocenters. The van der Waals surface area contributed by atoms with Crippen LogP contribution in [-0.2, 0) is 4.74 Å². The van der Waals surface area contributed by atoms with Crippen molar-refractivity contribution < 1.29 is 9.53 Å². The third-order valence-electron chi connectivity index (χ3n) is 3.61. The quantitative estimate of drug-likeness (QED) is 0.809. The number of anilines is 2. The lowest BCUT2D eigenvalue weighted by atomic mass is 10.1. The van der Waals surface area contributed by atoms with Crippen molar-refractivity contribution in [2.45, 2.75) is 25.8 Å². The zero-order valence-corrected chi connectivity index (χ0v) is 12.1. The Morgan fingerprint density at radius 1 is 1.60 bits per heavy atom. The predicted molar refractivity (Wildman–Crippen MR) is 78.7 cm³/mol. The summed E-state index contributed by atoms with van der Waals surface area (Å²) in [6, 6.07) is 3.57. The van der Waals surface area contributed by atoms with E-state index in [4.69, 9.17) is 5.73 Å². The Balaban J connectivity index is 2.10. The first-order chi connectivity index (χ1) is 9.63. The standard InChI is InChI=1S/C14H22N4O2/c1-3-18-8-4-5-10(9-18)16-13-11(15)6-7-12(17-13)14(19)20-2/h6-7,10H,3-5,8-9,15H2,1-2H3,(H,16,17). The molecule has 1 saturated heterocycles. The maximum absolute atomic E-state index is 11.5. The number of aromatic nitrogens is 1. The first-order valence-corrected chi connectivity index (χ1v) is 6.97. The summed E-state index contributed by atoms with van der Waals surface area (Å²) in [5.41, 5.74) is 6.74. The summed E-state index contributed by atoms with van der Waals surface area (Å²) < 4.78 is 4.68. The molecule has 1 unspecified atom stereocenters. The molecule has 0 amide bonds. The van der Waals surface area contributed by atoms with Gasteiger partial charge in [0.25, 0.3) is 0 Å². The monoisotopic (exact) mass is 278 g/mol. The zero-order chi connectivity index (χ0) is 14.5. The van der Waals surface area contributed by atoms with E-state index in [0.29, 0.717) is 17.5 Å². The van der Waals surface area contributed by atoms with Crippen LogP contribution >= 0.6 is 0 Å². The molecule has 0 spiro atoms. The van der Waals surface area contributed by atoms with Gasteiger partial charge in [-0.1, -0.05) is 6.92 Å². The van der Waals surface area contributed by atoms with Gasteiger partial charge in [-0.3, -0.25) is 0 Å². The third kappa shape index (κ3) is 3.39. The van der Waals surface area contributed by atoms with Crippen molar-refractivity contribution in [1.82, 2.24) is 9.88 Å². The minimum atomic E-state index is -0.452. The molecule has 1 aliphatic rings. The molecule has 2 rings (SSSR count). The first kappa shape index (κ1) is 14.6. The van der Waals surface area contributed by atoms with Crippen LogP contribution in [0, 0.1) is 0 Å². The summed E-state index contributed by atoms with van der Waals surface area (Å²) in [4.78, 5) is 18.2. The molecule has 2 heterocycles. The fourth-order valence-corrected chi connectivity index (χ4v) is 2.46. The van der Waals surface area contributed by atoms with E-state index in [2.05, 4.69) is 26.9 Å². The number of likely N-dealkylation sites (tertiary alicyclic amines) is 1. The zero-order valence-electron chi connectivity index (χ0n) is 12.1. The van der Waals surface area contributed by atoms with Gasteiger partial charge in [0.1, 0.15) is 5.82 Å². The largest absolute Gasteiger partial charge is 0.464 e. The van der Waals surface area contributed by atoms with Crippen LogP contribution in [-0.4, -0.2) is 48.6 Å². The number of ether oxygens (including phenoxy) is 1. The topological polar surface area (TPSA) is 80.5 Å². The fraction of sp³-hybridized carbons (Fsp3) is 0.571. The number of nitrogens with two attached hydrogens (primary N) is 1. The highest BCUT2D eigenvalue weighted by atomic mass is 16.5. The summed E-state index contributed by atoms with van der Waals surface area (Å²) in [6.07, 6.45) is 2.24. The molecule has 1 aromatic heterocycles. The van der Waals surface area contributed by atoms with Gasteiger partial charge in [-0.2, -0.15) is 0 Å². The summed E-state index contributed by atoms with van der Waals surface area (Å²) in [5.74, 6) is 0.114. The van der Waals surface area contributed by atoms with Gasteiger partial charge >= 0.3 is 5.97 Å². The van der Waals surface area contributed by atoms with Gasteiger partial charge in [0.05, 0.1) is 12.8 Å². The molecule has 3 N–H and O–H groups in total.